The second-order valence-corrected chi connectivity index (χ2v) is 3.44. The number of hydrogen-bond donors (Lipinski definition) is 1. The van der Waals surface area contributed by atoms with Crippen LogP contribution in [0.2, 0.25) is 0 Å². The van der Waals surface area contributed by atoms with Gasteiger partial charge in [-0.05, 0) is 24.6 Å². The summed E-state index contributed by atoms with van der Waals surface area (Å²) in [6.45, 7) is 3.24. The van der Waals surface area contributed by atoms with Crippen LogP contribution in [-0.4, -0.2) is 14.8 Å². The van der Waals surface area contributed by atoms with Crippen molar-refractivity contribution in [3.05, 3.63) is 47.5 Å². The molecule has 0 saturated heterocycles. The van der Waals surface area contributed by atoms with Crippen LogP contribution in [0.15, 0.2) is 30.6 Å². The molecule has 2 aromatic heterocycles. The van der Waals surface area contributed by atoms with Gasteiger partial charge in [-0.2, -0.15) is 5.10 Å². The van der Waals surface area contributed by atoms with Gasteiger partial charge in [0.15, 0.2) is 0 Å². The Hall–Kier alpha value is -1.68. The number of rotatable bonds is 3. The largest absolute Gasteiger partial charge is 0.325 e. The number of nitrogens with zero attached hydrogens (tertiary/aromatic N) is 3. The van der Waals surface area contributed by atoms with Gasteiger partial charge >= 0.3 is 0 Å². The van der Waals surface area contributed by atoms with E-state index in [1.807, 2.05) is 29.8 Å². The second kappa shape index (κ2) is 4.23. The first-order chi connectivity index (χ1) is 7.31. The lowest BCUT2D eigenvalue weighted by Gasteiger charge is -2.07. The summed E-state index contributed by atoms with van der Waals surface area (Å²) in [6.07, 6.45) is 3.56. The van der Waals surface area contributed by atoms with Gasteiger partial charge in [0.2, 0.25) is 0 Å². The van der Waals surface area contributed by atoms with Gasteiger partial charge in [-0.3, -0.25) is 9.67 Å². The van der Waals surface area contributed by atoms with Gasteiger partial charge < -0.3 is 5.73 Å². The smallest absolute Gasteiger partial charge is 0.0680 e. The molecule has 0 aliphatic heterocycles. The molecule has 0 amide bonds. The fourth-order valence-electron chi connectivity index (χ4n) is 1.52. The first-order valence-electron chi connectivity index (χ1n) is 4.92. The highest BCUT2D eigenvalue weighted by Crippen LogP contribution is 2.08. The predicted molar refractivity (Wildman–Crippen MR) is 58.2 cm³/mol. The molecule has 0 fully saturated rings. The highest BCUT2D eigenvalue weighted by molar-refractivity contribution is 5.20. The standard InChI is InChI=1S/C11H14N4/c1-9-4-6-14-15(9)8-10-3-2-5-13-11(10)7-12/h2-6H,7-8,12H2,1H3. The normalized spacial score (nSPS) is 10.5. The Morgan fingerprint density at radius 3 is 2.87 bits per heavy atom. The summed E-state index contributed by atoms with van der Waals surface area (Å²) in [7, 11) is 0. The van der Waals surface area contributed by atoms with Crippen molar-refractivity contribution in [3.8, 4) is 0 Å². The lowest BCUT2D eigenvalue weighted by Crippen LogP contribution is -2.09. The maximum absolute atomic E-state index is 5.63. The van der Waals surface area contributed by atoms with Crippen molar-refractivity contribution in [2.75, 3.05) is 0 Å². The van der Waals surface area contributed by atoms with Crippen LogP contribution in [0.5, 0.6) is 0 Å². The molecule has 2 aromatic rings. The predicted octanol–water partition coefficient (Wildman–Crippen LogP) is 1.09. The Bertz CT molecular complexity index is 447. The van der Waals surface area contributed by atoms with Gasteiger partial charge in [0.1, 0.15) is 0 Å². The zero-order chi connectivity index (χ0) is 10.7. The quantitative estimate of drug-likeness (QED) is 0.810. The summed E-state index contributed by atoms with van der Waals surface area (Å²) in [5.41, 5.74) is 8.83. The number of nitrogens with two attached hydrogens (primary N) is 1. The average Bonchev–Trinajstić information content (AvgIpc) is 2.65. The molecule has 0 saturated carbocycles. The fraction of sp³-hybridized carbons (Fsp3) is 0.273. The van der Waals surface area contributed by atoms with Gasteiger partial charge in [0.25, 0.3) is 0 Å². The molecule has 0 unspecified atom stereocenters. The minimum atomic E-state index is 0.469. The van der Waals surface area contributed by atoms with Crippen LogP contribution in [0, 0.1) is 6.92 Å². The van der Waals surface area contributed by atoms with Crippen LogP contribution in [0.4, 0.5) is 0 Å². The molecule has 2 heterocycles. The molecule has 0 spiro atoms. The molecule has 0 aliphatic rings. The molecule has 2 rings (SSSR count). The third-order valence-corrected chi connectivity index (χ3v) is 2.43. The van der Waals surface area contributed by atoms with E-state index in [9.17, 15) is 0 Å². The third-order valence-electron chi connectivity index (χ3n) is 2.43. The zero-order valence-corrected chi connectivity index (χ0v) is 8.72. The van der Waals surface area contributed by atoms with Crippen LogP contribution < -0.4 is 5.73 Å². The lowest BCUT2D eigenvalue weighted by molar-refractivity contribution is 0.656. The van der Waals surface area contributed by atoms with Crippen LogP contribution in [-0.2, 0) is 13.1 Å². The van der Waals surface area contributed by atoms with Crippen LogP contribution >= 0.6 is 0 Å². The first kappa shape index (κ1) is 9.86. The molecule has 0 bridgehead atoms. The molecule has 0 aliphatic carbocycles. The maximum atomic E-state index is 5.63. The van der Waals surface area contributed by atoms with Crippen molar-refractivity contribution < 1.29 is 0 Å². The molecule has 15 heavy (non-hydrogen) atoms. The average molecular weight is 202 g/mol. The molecule has 0 aromatic carbocycles. The van der Waals surface area contributed by atoms with E-state index in [0.717, 1.165) is 23.5 Å². The van der Waals surface area contributed by atoms with E-state index in [2.05, 4.69) is 10.1 Å². The minimum Gasteiger partial charge on any atom is -0.325 e. The summed E-state index contributed by atoms with van der Waals surface area (Å²) < 4.78 is 1.94. The van der Waals surface area contributed by atoms with Gasteiger partial charge in [0.05, 0.1) is 12.2 Å². The lowest BCUT2D eigenvalue weighted by atomic mass is 10.2. The van der Waals surface area contributed by atoms with Gasteiger partial charge in [-0.25, -0.2) is 0 Å². The number of hydrogen-bond acceptors (Lipinski definition) is 3. The fourth-order valence-corrected chi connectivity index (χ4v) is 1.52. The van der Waals surface area contributed by atoms with Crippen molar-refractivity contribution in [1.82, 2.24) is 14.8 Å². The van der Waals surface area contributed by atoms with Crippen molar-refractivity contribution in [2.45, 2.75) is 20.0 Å². The molecule has 0 atom stereocenters. The molecule has 4 heteroatoms. The molecule has 78 valence electrons. The van der Waals surface area contributed by atoms with Crippen molar-refractivity contribution in [2.24, 2.45) is 5.73 Å². The SMILES string of the molecule is Cc1ccnn1Cc1cccnc1CN. The monoisotopic (exact) mass is 202 g/mol. The van der Waals surface area contributed by atoms with Gasteiger partial charge in [-0.1, -0.05) is 6.07 Å². The van der Waals surface area contributed by atoms with Crippen molar-refractivity contribution >= 4 is 0 Å². The summed E-state index contributed by atoms with van der Waals surface area (Å²) >= 11 is 0. The topological polar surface area (TPSA) is 56.7 Å². The Balaban J connectivity index is 2.28. The number of aryl methyl sites for hydroxylation is 1. The van der Waals surface area contributed by atoms with E-state index in [1.165, 1.54) is 0 Å². The molecule has 0 radical (unpaired) electrons. The number of pyridine rings is 1. The van der Waals surface area contributed by atoms with E-state index in [-0.39, 0.29) is 0 Å². The van der Waals surface area contributed by atoms with Crippen LogP contribution in [0.1, 0.15) is 17.0 Å². The van der Waals surface area contributed by atoms with Gasteiger partial charge in [0, 0.05) is 24.6 Å². The van der Waals surface area contributed by atoms with Gasteiger partial charge in [-0.15, -0.1) is 0 Å². The summed E-state index contributed by atoms with van der Waals surface area (Å²) in [5, 5.41) is 4.23. The number of aromatic nitrogens is 3. The zero-order valence-electron chi connectivity index (χ0n) is 8.72. The Morgan fingerprint density at radius 1 is 1.33 bits per heavy atom. The van der Waals surface area contributed by atoms with Crippen molar-refractivity contribution in [3.63, 3.8) is 0 Å². The van der Waals surface area contributed by atoms with E-state index in [4.69, 9.17) is 5.73 Å². The second-order valence-electron chi connectivity index (χ2n) is 3.44. The highest BCUT2D eigenvalue weighted by atomic mass is 15.3. The van der Waals surface area contributed by atoms with E-state index >= 15 is 0 Å². The molecule has 4 nitrogen and oxygen atoms in total. The van der Waals surface area contributed by atoms with E-state index < -0.39 is 0 Å². The molecular weight excluding hydrogens is 188 g/mol. The van der Waals surface area contributed by atoms with Crippen LogP contribution in [0.3, 0.4) is 0 Å². The summed E-state index contributed by atoms with van der Waals surface area (Å²) in [4.78, 5) is 4.24. The summed E-state index contributed by atoms with van der Waals surface area (Å²) in [5.74, 6) is 0. The summed E-state index contributed by atoms with van der Waals surface area (Å²) in [6, 6.07) is 5.95. The Morgan fingerprint density at radius 2 is 2.20 bits per heavy atom. The third kappa shape index (κ3) is 2.05. The van der Waals surface area contributed by atoms with Crippen LogP contribution in [0.25, 0.3) is 0 Å². The maximum Gasteiger partial charge on any atom is 0.0680 e. The minimum absolute atomic E-state index is 0.469. The Kier molecular flexibility index (Phi) is 2.78. The Labute approximate surface area is 88.8 Å². The first-order valence-corrected chi connectivity index (χ1v) is 4.92. The van der Waals surface area contributed by atoms with Crippen molar-refractivity contribution in [1.29, 1.82) is 0 Å². The molecular formula is C11H14N4. The van der Waals surface area contributed by atoms with E-state index in [1.54, 1.807) is 12.4 Å². The highest BCUT2D eigenvalue weighted by Gasteiger charge is 2.03. The molecule has 2 N–H and O–H groups in total. The van der Waals surface area contributed by atoms with E-state index in [0.29, 0.717) is 6.54 Å².